The molecule has 1 heterocycles. The first kappa shape index (κ1) is 18.3. The molecule has 0 amide bonds. The number of nitrogens with one attached hydrogen (secondary N) is 1. The van der Waals surface area contributed by atoms with E-state index in [4.69, 9.17) is 0 Å². The van der Waals surface area contributed by atoms with E-state index >= 15 is 0 Å². The number of aliphatic imine (C=N–C) groups is 1. The van der Waals surface area contributed by atoms with Crippen molar-refractivity contribution in [1.82, 2.24) is 10.2 Å². The zero-order valence-electron chi connectivity index (χ0n) is 13.4. The van der Waals surface area contributed by atoms with Gasteiger partial charge in [0.05, 0.1) is 0 Å². The first-order valence-electron chi connectivity index (χ1n) is 7.71. The molecular weight excluding hydrogens is 373 g/mol. The fourth-order valence-electron chi connectivity index (χ4n) is 2.86. The summed E-state index contributed by atoms with van der Waals surface area (Å²) in [5, 5.41) is 3.53. The molecule has 0 bridgehead atoms. The maximum Gasteiger partial charge on any atom is 0.193 e. The van der Waals surface area contributed by atoms with Gasteiger partial charge in [-0.25, -0.2) is 0 Å². The maximum absolute atomic E-state index is 4.44. The Labute approximate surface area is 146 Å². The summed E-state index contributed by atoms with van der Waals surface area (Å²) in [4.78, 5) is 6.84. The van der Waals surface area contributed by atoms with Crippen molar-refractivity contribution in [2.75, 3.05) is 26.7 Å². The predicted molar refractivity (Wildman–Crippen MR) is 102 cm³/mol. The Morgan fingerprint density at radius 3 is 2.71 bits per heavy atom. The van der Waals surface area contributed by atoms with Crippen molar-refractivity contribution < 1.29 is 0 Å². The SMILES string of the molecule is CN=C(NCC(C)c1ccccc1)N1CCCC(C)C1.I. The molecule has 1 aliphatic rings. The highest BCUT2D eigenvalue weighted by atomic mass is 127. The van der Waals surface area contributed by atoms with Gasteiger partial charge in [-0.2, -0.15) is 0 Å². The van der Waals surface area contributed by atoms with Gasteiger partial charge in [0.2, 0.25) is 0 Å². The largest absolute Gasteiger partial charge is 0.356 e. The maximum atomic E-state index is 4.44. The molecule has 1 aliphatic heterocycles. The molecule has 3 nitrogen and oxygen atoms in total. The van der Waals surface area contributed by atoms with Crippen LogP contribution in [0.5, 0.6) is 0 Å². The predicted octanol–water partition coefficient (Wildman–Crippen LogP) is 3.72. The van der Waals surface area contributed by atoms with Crippen LogP contribution in [0.1, 0.15) is 38.2 Å². The Morgan fingerprint density at radius 2 is 2.10 bits per heavy atom. The molecule has 2 rings (SSSR count). The van der Waals surface area contributed by atoms with Crippen molar-refractivity contribution in [3.8, 4) is 0 Å². The molecule has 0 spiro atoms. The van der Waals surface area contributed by atoms with Gasteiger partial charge >= 0.3 is 0 Å². The second kappa shape index (κ2) is 9.28. The van der Waals surface area contributed by atoms with Crippen molar-refractivity contribution in [3.05, 3.63) is 35.9 Å². The Morgan fingerprint density at radius 1 is 1.38 bits per heavy atom. The molecule has 0 radical (unpaired) electrons. The second-order valence-corrected chi connectivity index (χ2v) is 5.93. The fourth-order valence-corrected chi connectivity index (χ4v) is 2.86. The normalized spacial score (nSPS) is 20.6. The Kier molecular flexibility index (Phi) is 8.07. The first-order chi connectivity index (χ1) is 9.70. The van der Waals surface area contributed by atoms with Crippen LogP contribution in [0.15, 0.2) is 35.3 Å². The molecule has 118 valence electrons. The van der Waals surface area contributed by atoms with Gasteiger partial charge in [0, 0.05) is 26.7 Å². The number of halogens is 1. The minimum absolute atomic E-state index is 0. The van der Waals surface area contributed by atoms with Crippen LogP contribution in [0.2, 0.25) is 0 Å². The van der Waals surface area contributed by atoms with Gasteiger partial charge in [0.25, 0.3) is 0 Å². The second-order valence-electron chi connectivity index (χ2n) is 5.93. The van der Waals surface area contributed by atoms with E-state index in [0.29, 0.717) is 5.92 Å². The van der Waals surface area contributed by atoms with Gasteiger partial charge in [0.15, 0.2) is 5.96 Å². The molecule has 0 aliphatic carbocycles. The highest BCUT2D eigenvalue weighted by Crippen LogP contribution is 2.16. The minimum Gasteiger partial charge on any atom is -0.356 e. The van der Waals surface area contributed by atoms with Gasteiger partial charge in [-0.05, 0) is 30.2 Å². The summed E-state index contributed by atoms with van der Waals surface area (Å²) in [6, 6.07) is 10.7. The molecule has 1 fully saturated rings. The van der Waals surface area contributed by atoms with E-state index < -0.39 is 0 Å². The van der Waals surface area contributed by atoms with Crippen molar-refractivity contribution in [2.24, 2.45) is 10.9 Å². The standard InChI is InChI=1S/C17H27N3.HI/c1-14-8-7-11-20(13-14)17(18-3)19-12-15(2)16-9-5-4-6-10-16;/h4-6,9-10,14-15H,7-8,11-13H2,1-3H3,(H,18,19);1H. The summed E-state index contributed by atoms with van der Waals surface area (Å²) in [6.07, 6.45) is 2.62. The molecule has 1 aromatic rings. The smallest absolute Gasteiger partial charge is 0.193 e. The Hall–Kier alpha value is -0.780. The highest BCUT2D eigenvalue weighted by Gasteiger charge is 2.19. The average molecular weight is 401 g/mol. The molecule has 0 aromatic heterocycles. The zero-order valence-corrected chi connectivity index (χ0v) is 15.7. The molecule has 2 unspecified atom stereocenters. The summed E-state index contributed by atoms with van der Waals surface area (Å²) < 4.78 is 0. The number of hydrogen-bond donors (Lipinski definition) is 1. The van der Waals surface area contributed by atoms with E-state index in [1.165, 1.54) is 18.4 Å². The minimum atomic E-state index is 0. The summed E-state index contributed by atoms with van der Waals surface area (Å²) in [6.45, 7) is 7.77. The number of piperidine rings is 1. The summed E-state index contributed by atoms with van der Waals surface area (Å²) in [7, 11) is 1.88. The molecule has 4 heteroatoms. The summed E-state index contributed by atoms with van der Waals surface area (Å²) in [5.41, 5.74) is 1.38. The van der Waals surface area contributed by atoms with Crippen molar-refractivity contribution in [2.45, 2.75) is 32.6 Å². The van der Waals surface area contributed by atoms with E-state index in [0.717, 1.165) is 31.5 Å². The van der Waals surface area contributed by atoms with Crippen LogP contribution in [-0.2, 0) is 0 Å². The topological polar surface area (TPSA) is 27.6 Å². The summed E-state index contributed by atoms with van der Waals surface area (Å²) in [5.74, 6) is 2.32. The molecule has 1 N–H and O–H groups in total. The van der Waals surface area contributed by atoms with Crippen LogP contribution >= 0.6 is 24.0 Å². The lowest BCUT2D eigenvalue weighted by Crippen LogP contribution is -2.47. The van der Waals surface area contributed by atoms with Crippen LogP contribution in [0, 0.1) is 5.92 Å². The van der Waals surface area contributed by atoms with Gasteiger partial charge in [-0.15, -0.1) is 24.0 Å². The van der Waals surface area contributed by atoms with E-state index in [1.807, 2.05) is 7.05 Å². The highest BCUT2D eigenvalue weighted by molar-refractivity contribution is 14.0. The quantitative estimate of drug-likeness (QED) is 0.475. The number of hydrogen-bond acceptors (Lipinski definition) is 1. The number of rotatable bonds is 3. The van der Waals surface area contributed by atoms with Crippen LogP contribution in [0.3, 0.4) is 0 Å². The van der Waals surface area contributed by atoms with Gasteiger partial charge in [-0.3, -0.25) is 4.99 Å². The average Bonchev–Trinajstić information content (AvgIpc) is 2.48. The van der Waals surface area contributed by atoms with Gasteiger partial charge in [-0.1, -0.05) is 44.2 Å². The number of guanidine groups is 1. The lowest BCUT2D eigenvalue weighted by Gasteiger charge is -2.34. The molecule has 2 atom stereocenters. The third-order valence-electron chi connectivity index (χ3n) is 4.10. The van der Waals surface area contributed by atoms with Crippen LogP contribution in [0.25, 0.3) is 0 Å². The van der Waals surface area contributed by atoms with Gasteiger partial charge in [0.1, 0.15) is 0 Å². The van der Waals surface area contributed by atoms with Crippen molar-refractivity contribution >= 4 is 29.9 Å². The van der Waals surface area contributed by atoms with Crippen molar-refractivity contribution in [3.63, 3.8) is 0 Å². The molecule has 1 aromatic carbocycles. The molecule has 1 saturated heterocycles. The fraction of sp³-hybridized carbons (Fsp3) is 0.588. The van der Waals surface area contributed by atoms with E-state index in [9.17, 15) is 0 Å². The Bertz CT molecular complexity index is 433. The Balaban J connectivity index is 0.00000220. The zero-order chi connectivity index (χ0) is 14.4. The number of nitrogens with zero attached hydrogens (tertiary/aromatic N) is 2. The third kappa shape index (κ3) is 5.49. The lowest BCUT2D eigenvalue weighted by atomic mass is 10.0. The van der Waals surface area contributed by atoms with E-state index in [2.05, 4.69) is 59.4 Å². The van der Waals surface area contributed by atoms with Crippen LogP contribution in [0.4, 0.5) is 0 Å². The monoisotopic (exact) mass is 401 g/mol. The molecule has 0 saturated carbocycles. The van der Waals surface area contributed by atoms with Crippen LogP contribution < -0.4 is 5.32 Å². The molecule has 21 heavy (non-hydrogen) atoms. The van der Waals surface area contributed by atoms with Crippen LogP contribution in [-0.4, -0.2) is 37.5 Å². The van der Waals surface area contributed by atoms with E-state index in [1.54, 1.807) is 0 Å². The number of benzene rings is 1. The molecular formula is C17H28IN3. The summed E-state index contributed by atoms with van der Waals surface area (Å²) >= 11 is 0. The van der Waals surface area contributed by atoms with Gasteiger partial charge < -0.3 is 10.2 Å². The number of likely N-dealkylation sites (tertiary alicyclic amines) is 1. The van der Waals surface area contributed by atoms with Crippen molar-refractivity contribution in [1.29, 1.82) is 0 Å². The third-order valence-corrected chi connectivity index (χ3v) is 4.10. The lowest BCUT2D eigenvalue weighted by molar-refractivity contribution is 0.266. The van der Waals surface area contributed by atoms with E-state index in [-0.39, 0.29) is 24.0 Å². The first-order valence-corrected chi connectivity index (χ1v) is 7.71.